The third-order valence-corrected chi connectivity index (χ3v) is 6.38. The van der Waals surface area contributed by atoms with E-state index in [-0.39, 0.29) is 29.8 Å². The minimum absolute atomic E-state index is 0.0373. The van der Waals surface area contributed by atoms with Gasteiger partial charge in [-0.05, 0) is 72.9 Å². The summed E-state index contributed by atoms with van der Waals surface area (Å²) in [7, 11) is 0. The van der Waals surface area contributed by atoms with Crippen molar-refractivity contribution in [1.29, 1.82) is 0 Å². The van der Waals surface area contributed by atoms with Crippen LogP contribution in [0.2, 0.25) is 0 Å². The molecule has 0 radical (unpaired) electrons. The SMILES string of the molecule is CCCC(O)c1ccc(C2=CCC3C(c4ccc(OCC)c(F)c4F)=CCC23)cc1F. The third kappa shape index (κ3) is 3.91. The van der Waals surface area contributed by atoms with Crippen LogP contribution in [0.15, 0.2) is 42.5 Å². The highest BCUT2D eigenvalue weighted by atomic mass is 19.2. The molecule has 2 aromatic rings. The Morgan fingerprint density at radius 2 is 1.68 bits per heavy atom. The molecule has 0 aromatic heterocycles. The molecule has 164 valence electrons. The van der Waals surface area contributed by atoms with Crippen molar-refractivity contribution in [3.63, 3.8) is 0 Å². The summed E-state index contributed by atoms with van der Waals surface area (Å²) in [6.45, 7) is 3.94. The van der Waals surface area contributed by atoms with Crippen LogP contribution in [-0.4, -0.2) is 11.7 Å². The molecule has 2 nitrogen and oxygen atoms in total. The molecule has 3 atom stereocenters. The van der Waals surface area contributed by atoms with E-state index in [2.05, 4.69) is 6.08 Å². The quantitative estimate of drug-likeness (QED) is 0.523. The summed E-state index contributed by atoms with van der Waals surface area (Å²) in [5, 5.41) is 10.1. The summed E-state index contributed by atoms with van der Waals surface area (Å²) < 4.78 is 49.0. The zero-order valence-corrected chi connectivity index (χ0v) is 17.8. The van der Waals surface area contributed by atoms with E-state index in [0.717, 1.165) is 23.1 Å². The summed E-state index contributed by atoms with van der Waals surface area (Å²) >= 11 is 0. The predicted octanol–water partition coefficient (Wildman–Crippen LogP) is 6.84. The largest absolute Gasteiger partial charge is 0.491 e. The maximum atomic E-state index is 14.8. The number of benzene rings is 2. The van der Waals surface area contributed by atoms with Gasteiger partial charge in [-0.3, -0.25) is 0 Å². The Morgan fingerprint density at radius 3 is 2.35 bits per heavy atom. The molecule has 0 bridgehead atoms. The van der Waals surface area contributed by atoms with Crippen LogP contribution in [-0.2, 0) is 0 Å². The average Bonchev–Trinajstić information content (AvgIpc) is 3.34. The van der Waals surface area contributed by atoms with E-state index in [1.807, 2.05) is 19.1 Å². The van der Waals surface area contributed by atoms with E-state index >= 15 is 0 Å². The van der Waals surface area contributed by atoms with E-state index in [1.54, 1.807) is 19.1 Å². The maximum absolute atomic E-state index is 14.8. The standard InChI is InChI=1S/C26H27F3O2/c1-3-5-23(30)21-7-6-15(14-22(21)27)16-8-9-18-17(16)10-11-19(18)20-12-13-24(31-4-2)26(29)25(20)28/h6-8,11-14,17-18,23,30H,3-5,9-10H2,1-2H3. The molecule has 2 aliphatic rings. The highest BCUT2D eigenvalue weighted by Crippen LogP contribution is 2.52. The van der Waals surface area contributed by atoms with Gasteiger partial charge in [0.05, 0.1) is 12.7 Å². The molecule has 0 fully saturated rings. The lowest BCUT2D eigenvalue weighted by molar-refractivity contribution is 0.162. The molecule has 0 amide bonds. The number of rotatable bonds is 7. The Balaban J connectivity index is 1.56. The van der Waals surface area contributed by atoms with E-state index in [1.165, 1.54) is 12.1 Å². The second-order valence-electron chi connectivity index (χ2n) is 8.22. The van der Waals surface area contributed by atoms with Crippen LogP contribution in [0.1, 0.15) is 62.3 Å². The van der Waals surface area contributed by atoms with Crippen molar-refractivity contribution < 1.29 is 23.0 Å². The average molecular weight is 428 g/mol. The van der Waals surface area contributed by atoms with Gasteiger partial charge in [-0.2, -0.15) is 4.39 Å². The topological polar surface area (TPSA) is 29.5 Å². The van der Waals surface area contributed by atoms with Crippen molar-refractivity contribution in [2.75, 3.05) is 6.61 Å². The van der Waals surface area contributed by atoms with Gasteiger partial charge >= 0.3 is 0 Å². The van der Waals surface area contributed by atoms with Gasteiger partial charge in [-0.1, -0.05) is 37.6 Å². The first-order valence-electron chi connectivity index (χ1n) is 10.9. The number of aliphatic hydroxyl groups is 1. The Hall–Kier alpha value is -2.53. The molecule has 2 aromatic carbocycles. The minimum Gasteiger partial charge on any atom is -0.491 e. The molecule has 5 heteroatoms. The van der Waals surface area contributed by atoms with Crippen LogP contribution in [0.4, 0.5) is 13.2 Å². The molecule has 0 heterocycles. The van der Waals surface area contributed by atoms with Crippen LogP contribution in [0.5, 0.6) is 5.75 Å². The van der Waals surface area contributed by atoms with Crippen molar-refractivity contribution in [2.45, 2.75) is 45.6 Å². The Bertz CT molecular complexity index is 1040. The van der Waals surface area contributed by atoms with Gasteiger partial charge in [0.25, 0.3) is 0 Å². The Morgan fingerprint density at radius 1 is 0.968 bits per heavy atom. The molecule has 2 aliphatic carbocycles. The smallest absolute Gasteiger partial charge is 0.201 e. The molecule has 0 spiro atoms. The maximum Gasteiger partial charge on any atom is 0.201 e. The summed E-state index contributed by atoms with van der Waals surface area (Å²) in [4.78, 5) is 0. The first-order valence-corrected chi connectivity index (χ1v) is 10.9. The lowest BCUT2D eigenvalue weighted by atomic mass is 9.85. The van der Waals surface area contributed by atoms with Gasteiger partial charge in [0, 0.05) is 11.1 Å². The molecule has 0 saturated heterocycles. The molecule has 0 aliphatic heterocycles. The molecule has 0 saturated carbocycles. The van der Waals surface area contributed by atoms with Crippen molar-refractivity contribution in [2.24, 2.45) is 11.8 Å². The highest BCUT2D eigenvalue weighted by molar-refractivity contribution is 5.80. The second kappa shape index (κ2) is 8.91. The van der Waals surface area contributed by atoms with E-state index in [9.17, 15) is 18.3 Å². The van der Waals surface area contributed by atoms with Crippen LogP contribution < -0.4 is 4.74 Å². The molecular weight excluding hydrogens is 401 g/mol. The van der Waals surface area contributed by atoms with Gasteiger partial charge in [-0.25, -0.2) is 8.78 Å². The Kier molecular flexibility index (Phi) is 6.24. The van der Waals surface area contributed by atoms with E-state index in [0.29, 0.717) is 24.8 Å². The normalized spacial score (nSPS) is 21.0. The van der Waals surface area contributed by atoms with Gasteiger partial charge in [0.2, 0.25) is 5.82 Å². The van der Waals surface area contributed by atoms with Gasteiger partial charge in [0.15, 0.2) is 11.6 Å². The monoisotopic (exact) mass is 428 g/mol. The van der Waals surface area contributed by atoms with Crippen LogP contribution in [0.25, 0.3) is 11.1 Å². The van der Waals surface area contributed by atoms with Crippen LogP contribution >= 0.6 is 0 Å². The van der Waals surface area contributed by atoms with Gasteiger partial charge in [-0.15, -0.1) is 0 Å². The number of halogens is 3. The first kappa shape index (κ1) is 21.7. The highest BCUT2D eigenvalue weighted by Gasteiger charge is 2.38. The van der Waals surface area contributed by atoms with Crippen LogP contribution in [0, 0.1) is 29.3 Å². The number of allylic oxidation sites excluding steroid dienone is 4. The van der Waals surface area contributed by atoms with E-state index < -0.39 is 23.6 Å². The van der Waals surface area contributed by atoms with Crippen LogP contribution in [0.3, 0.4) is 0 Å². The fourth-order valence-electron chi connectivity index (χ4n) is 4.90. The summed E-state index contributed by atoms with van der Waals surface area (Å²) in [6, 6.07) is 8.05. The first-order chi connectivity index (χ1) is 15.0. The molecule has 31 heavy (non-hydrogen) atoms. The lowest BCUT2D eigenvalue weighted by Gasteiger charge is -2.20. The minimum atomic E-state index is -0.960. The van der Waals surface area contributed by atoms with Crippen molar-refractivity contribution in [3.8, 4) is 5.75 Å². The van der Waals surface area contributed by atoms with Gasteiger partial charge in [0.1, 0.15) is 5.82 Å². The van der Waals surface area contributed by atoms with Gasteiger partial charge < -0.3 is 9.84 Å². The zero-order valence-electron chi connectivity index (χ0n) is 17.8. The molecule has 3 unspecified atom stereocenters. The number of ether oxygens (including phenoxy) is 1. The predicted molar refractivity (Wildman–Crippen MR) is 116 cm³/mol. The fraction of sp³-hybridized carbons (Fsp3) is 0.385. The second-order valence-corrected chi connectivity index (χ2v) is 8.22. The summed E-state index contributed by atoms with van der Waals surface area (Å²) in [5.41, 5.74) is 3.19. The summed E-state index contributed by atoms with van der Waals surface area (Å²) in [6.07, 6.45) is 5.92. The van der Waals surface area contributed by atoms with Crippen molar-refractivity contribution >= 4 is 11.1 Å². The van der Waals surface area contributed by atoms with Crippen molar-refractivity contribution in [1.82, 2.24) is 0 Å². The van der Waals surface area contributed by atoms with Crippen molar-refractivity contribution in [3.05, 3.63) is 76.6 Å². The number of hydrogen-bond donors (Lipinski definition) is 1. The fourth-order valence-corrected chi connectivity index (χ4v) is 4.90. The lowest BCUT2D eigenvalue weighted by Crippen LogP contribution is -2.09. The number of fused-ring (bicyclic) bond motifs is 1. The Labute approximate surface area is 181 Å². The number of aliphatic hydroxyl groups excluding tert-OH is 1. The van der Waals surface area contributed by atoms with E-state index in [4.69, 9.17) is 4.74 Å². The molecular formula is C26H27F3O2. The molecule has 1 N–H and O–H groups in total. The molecule has 4 rings (SSSR count). The number of hydrogen-bond acceptors (Lipinski definition) is 2. The zero-order chi connectivity index (χ0) is 22.1. The summed E-state index contributed by atoms with van der Waals surface area (Å²) in [5.74, 6) is -2.19. The third-order valence-electron chi connectivity index (χ3n) is 6.38.